The summed E-state index contributed by atoms with van der Waals surface area (Å²) in [6.45, 7) is -0.426. The van der Waals surface area contributed by atoms with Crippen LogP contribution in [0.4, 0.5) is 0 Å². The number of nitrogens with one attached hydrogen (secondary N) is 3. The highest BCUT2D eigenvalue weighted by atomic mass is 16.8. The molecule has 23 nitrogen and oxygen atoms in total. The van der Waals surface area contributed by atoms with Gasteiger partial charge in [-0.15, -0.1) is 0 Å². The number of aromatic amines is 1. The Labute approximate surface area is 434 Å². The number of carbonyl (C=O) groups excluding carboxylic acids is 1. The zero-order valence-electron chi connectivity index (χ0n) is 40.1. The summed E-state index contributed by atoms with van der Waals surface area (Å²) in [5, 5.41) is 144. The van der Waals surface area contributed by atoms with E-state index in [1.165, 1.54) is 18.2 Å². The molecule has 2 aromatic heterocycles. The maximum absolute atomic E-state index is 15.3. The van der Waals surface area contributed by atoms with Gasteiger partial charge < -0.3 is 94.9 Å². The first-order valence-electron chi connectivity index (χ1n) is 24.5. The van der Waals surface area contributed by atoms with E-state index in [-0.39, 0.29) is 70.0 Å². The van der Waals surface area contributed by atoms with Crippen LogP contribution >= 0.6 is 0 Å². The van der Waals surface area contributed by atoms with Crippen LogP contribution in [-0.2, 0) is 36.6 Å². The fraction of sp³-hybridized carbons (Fsp3) is 0.389. The number of carboxylic acid groups (broad SMARTS) is 1. The lowest BCUT2D eigenvalue weighted by molar-refractivity contribution is -0.399. The van der Waals surface area contributed by atoms with Crippen LogP contribution in [0.1, 0.15) is 54.0 Å². The molecule has 9 heterocycles. The number of carbonyl (C=O) groups is 2. The molecule has 2 aliphatic carbocycles. The van der Waals surface area contributed by atoms with Gasteiger partial charge in [-0.1, -0.05) is 42.1 Å². The largest absolute Gasteiger partial charge is 0.507 e. The molecular weight excluding hydrogens is 1010 g/mol. The summed E-state index contributed by atoms with van der Waals surface area (Å²) in [5.74, 6) is -4.56. The van der Waals surface area contributed by atoms with Crippen molar-refractivity contribution in [1.29, 1.82) is 0 Å². The number of aromatic nitrogens is 1. The Morgan fingerprint density at radius 1 is 0.948 bits per heavy atom. The van der Waals surface area contributed by atoms with Gasteiger partial charge in [-0.3, -0.25) is 10.1 Å². The zero-order valence-corrected chi connectivity index (χ0v) is 40.1. The molecule has 2 spiro atoms. The number of H-pyrrole nitrogens is 1. The van der Waals surface area contributed by atoms with Crippen molar-refractivity contribution < 1.29 is 94.2 Å². The Bertz CT molecular complexity index is 3560. The molecular formula is C54H49N3O20. The highest BCUT2D eigenvalue weighted by molar-refractivity contribution is 5.90. The Balaban J connectivity index is 1.13. The normalized spacial score (nSPS) is 35.2. The van der Waals surface area contributed by atoms with E-state index < -0.39 is 125 Å². The number of ether oxygens (including phenoxy) is 4. The van der Waals surface area contributed by atoms with Crippen LogP contribution < -0.4 is 20.8 Å². The summed E-state index contributed by atoms with van der Waals surface area (Å²) in [7, 11) is 0. The quantitative estimate of drug-likeness (QED) is 0.0373. The van der Waals surface area contributed by atoms with Crippen molar-refractivity contribution in [3.8, 4) is 58.0 Å². The maximum Gasteiger partial charge on any atom is 0.354 e. The van der Waals surface area contributed by atoms with Gasteiger partial charge in [0.05, 0.1) is 12.6 Å². The van der Waals surface area contributed by atoms with E-state index in [1.54, 1.807) is 18.5 Å². The minimum absolute atomic E-state index is 0.0511. The zero-order chi connectivity index (χ0) is 54.3. The molecule has 15 N–H and O–H groups in total. The number of piperidine rings is 1. The molecule has 13 atom stereocenters. The summed E-state index contributed by atoms with van der Waals surface area (Å²) >= 11 is 0. The molecule has 9 aliphatic rings. The average molecular weight is 1060 g/mol. The molecule has 0 amide bonds. The molecule has 0 saturated carbocycles. The van der Waals surface area contributed by atoms with Crippen LogP contribution in [0.5, 0.6) is 23.0 Å². The minimum atomic E-state index is -3.90. The number of allylic oxidation sites excluding steroid dienone is 4. The molecule has 2 aromatic carbocycles. The highest BCUT2D eigenvalue weighted by Crippen LogP contribution is 2.57. The number of esters is 1. The number of dihydropyridines is 1. The smallest absolute Gasteiger partial charge is 0.354 e. The van der Waals surface area contributed by atoms with E-state index >= 15 is 4.79 Å². The molecule has 6 bridgehead atoms. The van der Waals surface area contributed by atoms with Gasteiger partial charge in [0.1, 0.15) is 52.1 Å². The Kier molecular flexibility index (Phi) is 11.5. The van der Waals surface area contributed by atoms with Crippen LogP contribution in [-0.4, -0.2) is 156 Å². The van der Waals surface area contributed by atoms with Gasteiger partial charge in [-0.25, -0.2) is 9.59 Å². The molecule has 3 saturated heterocycles. The number of aliphatic hydroxyl groups excluding tert-OH is 5. The fourth-order valence-electron chi connectivity index (χ4n) is 12.0. The van der Waals surface area contributed by atoms with Gasteiger partial charge in [0, 0.05) is 89.5 Å². The number of aliphatic carboxylic acids is 1. The van der Waals surface area contributed by atoms with E-state index in [4.69, 9.17) is 23.4 Å². The van der Waals surface area contributed by atoms with E-state index in [1.807, 2.05) is 12.0 Å². The van der Waals surface area contributed by atoms with Gasteiger partial charge in [0.25, 0.3) is 11.4 Å². The Morgan fingerprint density at radius 3 is 2.53 bits per heavy atom. The third kappa shape index (κ3) is 7.18. The number of benzene rings is 2. The van der Waals surface area contributed by atoms with Crippen molar-refractivity contribution in [2.24, 2.45) is 5.92 Å². The van der Waals surface area contributed by atoms with Crippen LogP contribution in [0.3, 0.4) is 0 Å². The van der Waals surface area contributed by atoms with Crippen molar-refractivity contribution in [1.82, 2.24) is 15.6 Å². The number of hydrogen-bond donors (Lipinski definition) is 15. The summed E-state index contributed by atoms with van der Waals surface area (Å²) < 4.78 is 31.1. The molecule has 0 radical (unpaired) electrons. The Morgan fingerprint density at radius 2 is 1.75 bits per heavy atom. The first kappa shape index (κ1) is 50.3. The first-order valence-corrected chi connectivity index (χ1v) is 24.5. The van der Waals surface area contributed by atoms with E-state index in [0.717, 1.165) is 24.1 Å². The van der Waals surface area contributed by atoms with E-state index in [9.17, 15) is 70.9 Å². The SMILES string of the molecule is O=C(O)[C@@]12C#CC[C@@]3(O[C@@]45Oc6cc7oc(-c8cc(O)c(O)c(CCO)c8)cc(=O)c7c(O)c6[C@H](C6=CNC7N[C@@H]8C=CC[C@@H](C8)C7=C6)C=C4Cc4[nH]ccc4C#CC[C@]3(O)[C@H](O)[C@H]5O)C(=O)O[C@@H](O1)[C@H](O)[C@@H](O)C2(O)O. The third-order valence-corrected chi connectivity index (χ3v) is 16.1. The number of carboxylic acids is 1. The number of aromatic hydroxyl groups is 3. The van der Waals surface area contributed by atoms with Crippen LogP contribution in [0.15, 0.2) is 93.0 Å². The van der Waals surface area contributed by atoms with Gasteiger partial charge in [0.15, 0.2) is 23.0 Å². The molecule has 7 aliphatic heterocycles. The van der Waals surface area contributed by atoms with Crippen molar-refractivity contribution >= 4 is 22.9 Å². The van der Waals surface area contributed by atoms with Crippen molar-refractivity contribution in [2.75, 3.05) is 6.61 Å². The summed E-state index contributed by atoms with van der Waals surface area (Å²) in [4.78, 5) is 45.9. The second kappa shape index (κ2) is 17.5. The molecule has 13 rings (SSSR count). The molecule has 77 heavy (non-hydrogen) atoms. The van der Waals surface area contributed by atoms with Gasteiger partial charge in [0.2, 0.25) is 17.7 Å². The molecule has 400 valence electrons. The predicted molar refractivity (Wildman–Crippen MR) is 259 cm³/mol. The van der Waals surface area contributed by atoms with Crippen LogP contribution in [0, 0.1) is 29.6 Å². The lowest BCUT2D eigenvalue weighted by Gasteiger charge is -2.57. The second-order valence-electron chi connectivity index (χ2n) is 20.4. The number of phenols is 3. The highest BCUT2D eigenvalue weighted by Gasteiger charge is 2.76. The minimum Gasteiger partial charge on any atom is -0.507 e. The summed E-state index contributed by atoms with van der Waals surface area (Å²) in [5.41, 5.74) is -9.25. The van der Waals surface area contributed by atoms with Crippen molar-refractivity contribution in [2.45, 2.75) is 116 Å². The monoisotopic (exact) mass is 1060 g/mol. The van der Waals surface area contributed by atoms with Gasteiger partial charge >= 0.3 is 11.9 Å². The number of fused-ring (bicyclic) bond motifs is 10. The Hall–Kier alpha value is -7.49. The number of phenolic OH excluding ortho intramolecular Hbond substituents is 3. The van der Waals surface area contributed by atoms with Crippen LogP contribution in [0.25, 0.3) is 22.3 Å². The number of hydrogen-bond acceptors (Lipinski definition) is 21. The molecule has 3 fully saturated rings. The van der Waals surface area contributed by atoms with Crippen molar-refractivity contribution in [3.63, 3.8) is 0 Å². The lowest BCUT2D eigenvalue weighted by Crippen LogP contribution is -2.80. The molecule has 23 heteroatoms. The molecule has 1 unspecified atom stereocenters. The topological polar surface area (TPSA) is 384 Å². The third-order valence-electron chi connectivity index (χ3n) is 16.1. The van der Waals surface area contributed by atoms with Gasteiger partial charge in [-0.05, 0) is 60.4 Å². The first-order chi connectivity index (χ1) is 36.7. The predicted octanol–water partition coefficient (Wildman–Crippen LogP) is -1.03. The van der Waals surface area contributed by atoms with Crippen molar-refractivity contribution in [3.05, 3.63) is 116 Å². The van der Waals surface area contributed by atoms with Gasteiger partial charge in [-0.2, -0.15) is 0 Å². The lowest BCUT2D eigenvalue weighted by atomic mass is 9.67. The van der Waals surface area contributed by atoms with Crippen LogP contribution in [0.2, 0.25) is 0 Å². The summed E-state index contributed by atoms with van der Waals surface area (Å²) in [6, 6.07) is 6.34. The summed E-state index contributed by atoms with van der Waals surface area (Å²) in [6.07, 6.45) is -3.86. The van der Waals surface area contributed by atoms with E-state index in [0.29, 0.717) is 23.3 Å². The molecule has 4 aromatic rings. The number of aliphatic hydroxyl groups is 8. The standard InChI is InChI=1S/C54H49N3O20/c58-13-8-25-14-26(17-34(60)40(25)61)35-20-33(59)39-36(73-35)21-37-38(41(39)62)30(27-16-31-24-4-1-6-29(15-24)57-46(31)56-22-27)18-28-19-32-23(7-12-55-32)5-2-9-50(70)44(65)45(66)53(28,75-37)77-52(50)11-3-10-51(48(67)68)54(71,72)43(64)42(63)47(76-51)74-49(52)69/h1,6-7,12,14,16-18,20-22,24,29-30,42-47,55-58,60-66,70-72H,4,8-9,11,13,15,19H2,(H,67,68)/t24-,29+,30-,42+,43+,44+,45+,46?,47-,50-,51+,52+,53-/m0/s1. The van der Waals surface area contributed by atoms with E-state index in [2.05, 4.69) is 45.5 Å². The second-order valence-corrected chi connectivity index (χ2v) is 20.4. The maximum atomic E-state index is 15.3. The fourth-order valence-corrected chi connectivity index (χ4v) is 12.0. The average Bonchev–Trinajstić information content (AvgIpc) is 4.07. The number of rotatable bonds is 5.